The Balaban J connectivity index is 1.59. The summed E-state index contributed by atoms with van der Waals surface area (Å²) < 4.78 is 15.7. The monoisotopic (exact) mass is 466 g/mol. The molecular formula is C25H26N2O5S. The number of ether oxygens (including phenoxy) is 3. The molecule has 172 valence electrons. The van der Waals surface area contributed by atoms with E-state index in [4.69, 9.17) is 14.2 Å². The lowest BCUT2D eigenvalue weighted by Crippen LogP contribution is -2.22. The number of thioether (sulfide) groups is 1. The first kappa shape index (κ1) is 24.0. The lowest BCUT2D eigenvalue weighted by Gasteiger charge is -2.14. The molecule has 0 saturated heterocycles. The van der Waals surface area contributed by atoms with Gasteiger partial charge >= 0.3 is 0 Å². The molecule has 3 aromatic carbocycles. The van der Waals surface area contributed by atoms with E-state index >= 15 is 0 Å². The SMILES string of the molecule is COc1ccccc1NC(=O)C(C)Sc1ccc(NC(=O)c2ccc(OC)c(OC)c2)cc1. The molecule has 8 heteroatoms. The number of amides is 2. The van der Waals surface area contributed by atoms with Crippen molar-refractivity contribution < 1.29 is 23.8 Å². The highest BCUT2D eigenvalue weighted by Crippen LogP contribution is 2.29. The van der Waals surface area contributed by atoms with Crippen molar-refractivity contribution in [3.05, 3.63) is 72.3 Å². The van der Waals surface area contributed by atoms with Gasteiger partial charge in [-0.2, -0.15) is 0 Å². The third-order valence-corrected chi connectivity index (χ3v) is 5.92. The summed E-state index contributed by atoms with van der Waals surface area (Å²) >= 11 is 1.42. The van der Waals surface area contributed by atoms with Crippen LogP contribution in [-0.2, 0) is 4.79 Å². The number of benzene rings is 3. The van der Waals surface area contributed by atoms with E-state index in [9.17, 15) is 9.59 Å². The molecule has 1 unspecified atom stereocenters. The van der Waals surface area contributed by atoms with Crippen molar-refractivity contribution in [1.82, 2.24) is 0 Å². The van der Waals surface area contributed by atoms with Crippen LogP contribution in [0.1, 0.15) is 17.3 Å². The molecule has 3 aromatic rings. The highest BCUT2D eigenvalue weighted by atomic mass is 32.2. The fraction of sp³-hybridized carbons (Fsp3) is 0.200. The van der Waals surface area contributed by atoms with Crippen LogP contribution < -0.4 is 24.8 Å². The maximum absolute atomic E-state index is 12.6. The molecule has 0 aromatic heterocycles. The summed E-state index contributed by atoms with van der Waals surface area (Å²) in [6.07, 6.45) is 0. The number of hydrogen-bond acceptors (Lipinski definition) is 6. The summed E-state index contributed by atoms with van der Waals surface area (Å²) in [5, 5.41) is 5.42. The van der Waals surface area contributed by atoms with Gasteiger partial charge in [0, 0.05) is 16.1 Å². The van der Waals surface area contributed by atoms with Gasteiger partial charge < -0.3 is 24.8 Å². The fourth-order valence-electron chi connectivity index (χ4n) is 3.04. The van der Waals surface area contributed by atoms with Crippen LogP contribution in [0.15, 0.2) is 71.6 Å². The molecule has 1 atom stereocenters. The minimum absolute atomic E-state index is 0.129. The third kappa shape index (κ3) is 6.20. The van der Waals surface area contributed by atoms with Crippen LogP contribution in [0, 0.1) is 0 Å². The maximum Gasteiger partial charge on any atom is 0.255 e. The number of rotatable bonds is 9. The average molecular weight is 467 g/mol. The van der Waals surface area contributed by atoms with Crippen LogP contribution >= 0.6 is 11.8 Å². The molecule has 0 spiro atoms. The number of nitrogens with one attached hydrogen (secondary N) is 2. The standard InChI is InChI=1S/C25H26N2O5S/c1-16(24(28)27-20-7-5-6-8-21(20)30-2)33-19-12-10-18(11-13-19)26-25(29)17-9-14-22(31-3)23(15-17)32-4/h5-16H,1-4H3,(H,26,29)(H,27,28). The second-order valence-electron chi connectivity index (χ2n) is 7.00. The number of anilines is 2. The Morgan fingerprint density at radius 3 is 2.12 bits per heavy atom. The Morgan fingerprint density at radius 2 is 1.45 bits per heavy atom. The molecule has 0 heterocycles. The van der Waals surface area contributed by atoms with Crippen molar-refractivity contribution in [3.8, 4) is 17.2 Å². The topological polar surface area (TPSA) is 85.9 Å². The third-order valence-electron chi connectivity index (χ3n) is 4.80. The van der Waals surface area contributed by atoms with Crippen molar-refractivity contribution in [1.29, 1.82) is 0 Å². The predicted octanol–water partition coefficient (Wildman–Crippen LogP) is 5.08. The van der Waals surface area contributed by atoms with Crippen molar-refractivity contribution in [2.75, 3.05) is 32.0 Å². The molecule has 0 bridgehead atoms. The first-order chi connectivity index (χ1) is 15.9. The first-order valence-corrected chi connectivity index (χ1v) is 11.1. The molecule has 3 rings (SSSR count). The van der Waals surface area contributed by atoms with Gasteiger partial charge in [-0.3, -0.25) is 9.59 Å². The van der Waals surface area contributed by atoms with E-state index in [0.717, 1.165) is 4.90 Å². The molecule has 2 N–H and O–H groups in total. The Morgan fingerprint density at radius 1 is 0.788 bits per heavy atom. The molecule has 0 radical (unpaired) electrons. The van der Waals surface area contributed by atoms with Gasteiger partial charge in [-0.05, 0) is 61.5 Å². The number of hydrogen-bond donors (Lipinski definition) is 2. The van der Waals surface area contributed by atoms with E-state index in [1.54, 1.807) is 56.7 Å². The second-order valence-corrected chi connectivity index (χ2v) is 8.41. The Kier molecular flexibility index (Phi) is 8.21. The van der Waals surface area contributed by atoms with Gasteiger partial charge in [0.05, 0.1) is 32.3 Å². The normalized spacial score (nSPS) is 11.3. The van der Waals surface area contributed by atoms with E-state index in [1.807, 2.05) is 31.2 Å². The van der Waals surface area contributed by atoms with Gasteiger partial charge in [-0.15, -0.1) is 11.8 Å². The zero-order valence-electron chi connectivity index (χ0n) is 18.9. The van der Waals surface area contributed by atoms with E-state index < -0.39 is 0 Å². The summed E-state index contributed by atoms with van der Waals surface area (Å²) in [6, 6.07) is 19.6. The van der Waals surface area contributed by atoms with E-state index in [0.29, 0.717) is 34.2 Å². The van der Waals surface area contributed by atoms with Crippen LogP contribution in [0.3, 0.4) is 0 Å². The van der Waals surface area contributed by atoms with Crippen molar-refractivity contribution in [3.63, 3.8) is 0 Å². The van der Waals surface area contributed by atoms with Crippen molar-refractivity contribution in [2.24, 2.45) is 0 Å². The van der Waals surface area contributed by atoms with Gasteiger partial charge in [0.25, 0.3) is 5.91 Å². The van der Waals surface area contributed by atoms with Crippen LogP contribution in [-0.4, -0.2) is 38.4 Å². The lowest BCUT2D eigenvalue weighted by atomic mass is 10.2. The molecule has 7 nitrogen and oxygen atoms in total. The summed E-state index contributed by atoms with van der Waals surface area (Å²) in [4.78, 5) is 26.1. The molecule has 0 fully saturated rings. The van der Waals surface area contributed by atoms with Gasteiger partial charge in [0.15, 0.2) is 11.5 Å². The smallest absolute Gasteiger partial charge is 0.255 e. The number of carbonyl (C=O) groups is 2. The number of methoxy groups -OCH3 is 3. The summed E-state index contributed by atoms with van der Waals surface area (Å²) in [5.41, 5.74) is 1.73. The van der Waals surface area contributed by atoms with Crippen LogP contribution in [0.5, 0.6) is 17.2 Å². The molecule has 33 heavy (non-hydrogen) atoms. The Labute approximate surface area is 197 Å². The quantitative estimate of drug-likeness (QED) is 0.428. The second kappa shape index (κ2) is 11.3. The van der Waals surface area contributed by atoms with Crippen molar-refractivity contribution in [2.45, 2.75) is 17.1 Å². The molecule has 2 amide bonds. The summed E-state index contributed by atoms with van der Waals surface area (Å²) in [5.74, 6) is 1.26. The maximum atomic E-state index is 12.6. The number of para-hydroxylation sites is 2. The molecule has 0 aliphatic rings. The molecule has 0 aliphatic heterocycles. The number of carbonyl (C=O) groups excluding carboxylic acids is 2. The van der Waals surface area contributed by atoms with Gasteiger partial charge in [-0.25, -0.2) is 0 Å². The highest BCUT2D eigenvalue weighted by Gasteiger charge is 2.16. The van der Waals surface area contributed by atoms with Gasteiger partial charge in [-0.1, -0.05) is 12.1 Å². The minimum atomic E-state index is -0.331. The zero-order valence-corrected chi connectivity index (χ0v) is 19.7. The van der Waals surface area contributed by atoms with Crippen LogP contribution in [0.4, 0.5) is 11.4 Å². The van der Waals surface area contributed by atoms with Gasteiger partial charge in [0.1, 0.15) is 5.75 Å². The van der Waals surface area contributed by atoms with E-state index in [-0.39, 0.29) is 17.1 Å². The lowest BCUT2D eigenvalue weighted by molar-refractivity contribution is -0.115. The minimum Gasteiger partial charge on any atom is -0.495 e. The highest BCUT2D eigenvalue weighted by molar-refractivity contribution is 8.00. The summed E-state index contributed by atoms with van der Waals surface area (Å²) in [6.45, 7) is 1.84. The fourth-order valence-corrected chi connectivity index (χ4v) is 3.90. The summed E-state index contributed by atoms with van der Waals surface area (Å²) in [7, 11) is 4.63. The van der Waals surface area contributed by atoms with Gasteiger partial charge in [0.2, 0.25) is 5.91 Å². The molecular weight excluding hydrogens is 440 g/mol. The Hall–Kier alpha value is -3.65. The van der Waals surface area contributed by atoms with Crippen LogP contribution in [0.25, 0.3) is 0 Å². The van der Waals surface area contributed by atoms with E-state index in [1.165, 1.54) is 18.9 Å². The Bertz CT molecular complexity index is 1120. The van der Waals surface area contributed by atoms with Crippen LogP contribution in [0.2, 0.25) is 0 Å². The zero-order chi connectivity index (χ0) is 23.8. The molecule has 0 aliphatic carbocycles. The predicted molar refractivity (Wildman–Crippen MR) is 131 cm³/mol. The molecule has 0 saturated carbocycles. The van der Waals surface area contributed by atoms with Crippen molar-refractivity contribution >= 4 is 35.0 Å². The average Bonchev–Trinajstić information content (AvgIpc) is 2.84. The largest absolute Gasteiger partial charge is 0.495 e. The first-order valence-electron chi connectivity index (χ1n) is 10.2. The van der Waals surface area contributed by atoms with E-state index in [2.05, 4.69) is 10.6 Å².